The van der Waals surface area contributed by atoms with Gasteiger partial charge in [0.1, 0.15) is 5.82 Å². The predicted molar refractivity (Wildman–Crippen MR) is 88.0 cm³/mol. The van der Waals surface area contributed by atoms with E-state index in [1.807, 2.05) is 6.07 Å². The number of nitrogens with zero attached hydrogens (tertiary/aromatic N) is 2. The van der Waals surface area contributed by atoms with Gasteiger partial charge in [-0.15, -0.1) is 12.3 Å². The molecule has 0 saturated heterocycles. The van der Waals surface area contributed by atoms with E-state index >= 15 is 0 Å². The second-order valence-electron chi connectivity index (χ2n) is 5.50. The summed E-state index contributed by atoms with van der Waals surface area (Å²) in [5.41, 5.74) is 2.24. The van der Waals surface area contributed by atoms with Crippen molar-refractivity contribution < 1.29 is 0 Å². The van der Waals surface area contributed by atoms with Crippen molar-refractivity contribution >= 4 is 11.0 Å². The van der Waals surface area contributed by atoms with Gasteiger partial charge in [-0.05, 0) is 25.0 Å². The molecule has 106 valence electrons. The van der Waals surface area contributed by atoms with E-state index in [4.69, 9.17) is 11.4 Å². The fourth-order valence-corrected chi connectivity index (χ4v) is 3.16. The molecule has 0 N–H and O–H groups in total. The van der Waals surface area contributed by atoms with Crippen LogP contribution in [-0.2, 0) is 12.0 Å². The molecule has 2 nitrogen and oxygen atoms in total. The topological polar surface area (TPSA) is 17.8 Å². The third kappa shape index (κ3) is 2.29. The number of aryl methyl sites for hydroxylation is 1. The Kier molecular flexibility index (Phi) is 3.66. The fraction of sp³-hybridized carbons (Fsp3) is 0.316. The zero-order valence-corrected chi connectivity index (χ0v) is 12.4. The number of fused-ring (bicyclic) bond motifs is 1. The smallest absolute Gasteiger partial charge is 0.111 e. The van der Waals surface area contributed by atoms with Crippen molar-refractivity contribution in [2.75, 3.05) is 0 Å². The zero-order chi connectivity index (χ0) is 14.7. The lowest BCUT2D eigenvalue weighted by Gasteiger charge is -2.34. The molecular formula is C19H20N2. The van der Waals surface area contributed by atoms with Gasteiger partial charge in [0.2, 0.25) is 0 Å². The summed E-state index contributed by atoms with van der Waals surface area (Å²) < 4.78 is 2.40. The molecule has 0 spiro atoms. The molecule has 0 radical (unpaired) electrons. The molecular weight excluding hydrogens is 256 g/mol. The van der Waals surface area contributed by atoms with Gasteiger partial charge in [-0.2, -0.15) is 0 Å². The summed E-state index contributed by atoms with van der Waals surface area (Å²) in [4.78, 5) is 4.83. The number of benzene rings is 1. The van der Waals surface area contributed by atoms with Crippen LogP contribution in [0.1, 0.15) is 32.0 Å². The van der Waals surface area contributed by atoms with Crippen LogP contribution in [0.3, 0.4) is 0 Å². The second-order valence-corrected chi connectivity index (χ2v) is 5.50. The third-order valence-electron chi connectivity index (χ3n) is 4.31. The molecule has 1 heterocycles. The number of hydrogen-bond acceptors (Lipinski definition) is 1. The van der Waals surface area contributed by atoms with E-state index in [0.29, 0.717) is 0 Å². The van der Waals surface area contributed by atoms with Gasteiger partial charge in [-0.3, -0.25) is 0 Å². The average Bonchev–Trinajstić information content (AvgIpc) is 2.92. The molecule has 0 bridgehead atoms. The summed E-state index contributed by atoms with van der Waals surface area (Å²) in [6.45, 7) is 2.24. The minimum atomic E-state index is -0.0191. The molecule has 1 unspecified atom stereocenters. The fourth-order valence-electron chi connectivity index (χ4n) is 3.16. The Morgan fingerprint density at radius 2 is 2.19 bits per heavy atom. The first-order valence-corrected chi connectivity index (χ1v) is 7.55. The van der Waals surface area contributed by atoms with Crippen LogP contribution in [0.15, 0.2) is 48.6 Å². The lowest BCUT2D eigenvalue weighted by molar-refractivity contribution is 0.356. The number of terminal acetylenes is 1. The van der Waals surface area contributed by atoms with Crippen molar-refractivity contribution in [3.63, 3.8) is 0 Å². The van der Waals surface area contributed by atoms with Crippen molar-refractivity contribution in [2.45, 2.75) is 38.1 Å². The monoisotopic (exact) mass is 276 g/mol. The maximum absolute atomic E-state index is 5.45. The summed E-state index contributed by atoms with van der Waals surface area (Å²) in [7, 11) is 0. The Bertz CT molecular complexity index is 743. The number of allylic oxidation sites excluding steroid dienone is 4. The highest BCUT2D eigenvalue weighted by Crippen LogP contribution is 2.35. The van der Waals surface area contributed by atoms with E-state index in [1.54, 1.807) is 0 Å². The largest absolute Gasteiger partial charge is 0.318 e. The van der Waals surface area contributed by atoms with Crippen LogP contribution < -0.4 is 0 Å². The lowest BCUT2D eigenvalue weighted by atomic mass is 9.87. The van der Waals surface area contributed by atoms with E-state index in [0.717, 1.165) is 37.0 Å². The molecule has 1 aromatic carbocycles. The molecule has 2 heteroatoms. The number of para-hydroxylation sites is 2. The quantitative estimate of drug-likeness (QED) is 0.764. The molecule has 2 aromatic rings. The first-order valence-electron chi connectivity index (χ1n) is 7.55. The third-order valence-corrected chi connectivity index (χ3v) is 4.31. The molecule has 1 aromatic heterocycles. The van der Waals surface area contributed by atoms with E-state index in [9.17, 15) is 0 Å². The van der Waals surface area contributed by atoms with Crippen molar-refractivity contribution in [3.8, 4) is 12.3 Å². The first-order chi connectivity index (χ1) is 10.3. The van der Waals surface area contributed by atoms with Gasteiger partial charge in [-0.1, -0.05) is 43.4 Å². The van der Waals surface area contributed by atoms with Crippen molar-refractivity contribution in [1.29, 1.82) is 0 Å². The molecule has 21 heavy (non-hydrogen) atoms. The van der Waals surface area contributed by atoms with Gasteiger partial charge in [0.25, 0.3) is 0 Å². The van der Waals surface area contributed by atoms with Crippen LogP contribution in [0.5, 0.6) is 0 Å². The van der Waals surface area contributed by atoms with E-state index in [1.165, 1.54) is 5.52 Å². The van der Waals surface area contributed by atoms with E-state index in [-0.39, 0.29) is 5.54 Å². The van der Waals surface area contributed by atoms with Crippen LogP contribution in [0.25, 0.3) is 11.0 Å². The summed E-state index contributed by atoms with van der Waals surface area (Å²) in [6, 6.07) is 8.36. The Morgan fingerprint density at radius 1 is 1.33 bits per heavy atom. The highest BCUT2D eigenvalue weighted by Gasteiger charge is 2.31. The number of rotatable bonds is 4. The van der Waals surface area contributed by atoms with E-state index in [2.05, 4.69) is 59.9 Å². The van der Waals surface area contributed by atoms with Gasteiger partial charge in [0.05, 0.1) is 16.6 Å². The van der Waals surface area contributed by atoms with Crippen molar-refractivity contribution in [1.82, 2.24) is 9.55 Å². The highest BCUT2D eigenvalue weighted by molar-refractivity contribution is 5.76. The zero-order valence-electron chi connectivity index (χ0n) is 12.4. The van der Waals surface area contributed by atoms with Crippen molar-refractivity contribution in [2.24, 2.45) is 0 Å². The summed E-state index contributed by atoms with van der Waals surface area (Å²) in [5, 5.41) is 0. The van der Waals surface area contributed by atoms with Crippen LogP contribution in [0, 0.1) is 12.3 Å². The van der Waals surface area contributed by atoms with Crippen LogP contribution in [0.4, 0.5) is 0 Å². The summed E-state index contributed by atoms with van der Waals surface area (Å²) in [5.74, 6) is 3.83. The Hall–Kier alpha value is -2.27. The SMILES string of the molecule is C#CCCc1nc2ccccc2n1C1(CC)C=CC=CC1. The minimum absolute atomic E-state index is 0.0191. The maximum atomic E-state index is 5.45. The lowest BCUT2D eigenvalue weighted by Crippen LogP contribution is -2.32. The Balaban J connectivity index is 2.21. The highest BCUT2D eigenvalue weighted by atomic mass is 15.1. The number of aromatic nitrogens is 2. The van der Waals surface area contributed by atoms with Gasteiger partial charge in [0, 0.05) is 12.8 Å². The van der Waals surface area contributed by atoms with Gasteiger partial charge in [0.15, 0.2) is 0 Å². The van der Waals surface area contributed by atoms with Gasteiger partial charge >= 0.3 is 0 Å². The van der Waals surface area contributed by atoms with Gasteiger partial charge < -0.3 is 4.57 Å². The van der Waals surface area contributed by atoms with Crippen LogP contribution in [-0.4, -0.2) is 9.55 Å². The molecule has 0 aliphatic heterocycles. The first kappa shape index (κ1) is 13.7. The molecule has 0 amide bonds. The van der Waals surface area contributed by atoms with Gasteiger partial charge in [-0.25, -0.2) is 4.98 Å². The van der Waals surface area contributed by atoms with E-state index < -0.39 is 0 Å². The van der Waals surface area contributed by atoms with Crippen molar-refractivity contribution in [3.05, 3.63) is 54.4 Å². The van der Waals surface area contributed by atoms with Crippen LogP contribution >= 0.6 is 0 Å². The molecule has 3 rings (SSSR count). The molecule has 1 aliphatic carbocycles. The number of hydrogen-bond donors (Lipinski definition) is 0. The predicted octanol–water partition coefficient (Wildman–Crippen LogP) is 4.22. The Morgan fingerprint density at radius 3 is 2.90 bits per heavy atom. The number of imidazole rings is 1. The molecule has 0 fully saturated rings. The Labute approximate surface area is 126 Å². The van der Waals surface area contributed by atoms with Crippen LogP contribution in [0.2, 0.25) is 0 Å². The second kappa shape index (κ2) is 5.61. The molecule has 0 saturated carbocycles. The minimum Gasteiger partial charge on any atom is -0.318 e. The molecule has 1 atom stereocenters. The maximum Gasteiger partial charge on any atom is 0.111 e. The average molecular weight is 276 g/mol. The summed E-state index contributed by atoms with van der Waals surface area (Å²) >= 11 is 0. The summed E-state index contributed by atoms with van der Waals surface area (Å²) in [6.07, 6.45) is 17.9. The normalized spacial score (nSPS) is 20.8. The standard InChI is InChI=1S/C19H20N2/c1-3-5-13-18-20-16-11-7-8-12-17(16)21(18)19(4-2)14-9-6-10-15-19/h1,6-12,14H,4-5,13,15H2,2H3. The molecule has 1 aliphatic rings.